The van der Waals surface area contributed by atoms with Crippen molar-refractivity contribution in [1.29, 1.82) is 0 Å². The normalized spacial score (nSPS) is 11.6. The minimum Gasteiger partial charge on any atom is -0.368 e. The summed E-state index contributed by atoms with van der Waals surface area (Å²) in [5.41, 5.74) is 2.75. The van der Waals surface area contributed by atoms with E-state index in [0.717, 1.165) is 34.1 Å². The van der Waals surface area contributed by atoms with Crippen molar-refractivity contribution in [2.75, 3.05) is 5.32 Å². The number of anilines is 1. The Morgan fingerprint density at radius 3 is 2.12 bits per heavy atom. The van der Waals surface area contributed by atoms with Crippen LogP contribution in [0.15, 0.2) is 37.1 Å². The number of hydrogen-bond donors (Lipinski definition) is 1. The van der Waals surface area contributed by atoms with Crippen LogP contribution >= 0.6 is 0 Å². The third-order valence-electron chi connectivity index (χ3n) is 4.43. The molecular formula is C17H20N8. The molecule has 128 valence electrons. The van der Waals surface area contributed by atoms with Gasteiger partial charge in [-0.15, -0.1) is 0 Å². The lowest BCUT2D eigenvalue weighted by Crippen LogP contribution is -2.20. The smallest absolute Gasteiger partial charge is 0.159 e. The monoisotopic (exact) mass is 336 g/mol. The average Bonchev–Trinajstić information content (AvgIpc) is 3.27. The lowest BCUT2D eigenvalue weighted by atomic mass is 10.2. The molecule has 0 spiro atoms. The Morgan fingerprint density at radius 2 is 1.56 bits per heavy atom. The Hall–Kier alpha value is -3.16. The van der Waals surface area contributed by atoms with E-state index in [9.17, 15) is 0 Å². The van der Waals surface area contributed by atoms with Gasteiger partial charge in [0, 0.05) is 57.8 Å². The second-order valence-corrected chi connectivity index (χ2v) is 6.14. The van der Waals surface area contributed by atoms with Gasteiger partial charge >= 0.3 is 0 Å². The van der Waals surface area contributed by atoms with Crippen molar-refractivity contribution in [3.63, 3.8) is 0 Å². The van der Waals surface area contributed by atoms with E-state index in [1.54, 1.807) is 23.3 Å². The molecule has 25 heavy (non-hydrogen) atoms. The van der Waals surface area contributed by atoms with Gasteiger partial charge in [0.2, 0.25) is 0 Å². The van der Waals surface area contributed by atoms with Crippen LogP contribution in [0, 0.1) is 6.92 Å². The van der Waals surface area contributed by atoms with E-state index in [1.165, 1.54) is 0 Å². The summed E-state index contributed by atoms with van der Waals surface area (Å²) in [6.45, 7) is 1.99. The van der Waals surface area contributed by atoms with Crippen LogP contribution in [-0.4, -0.2) is 33.9 Å². The van der Waals surface area contributed by atoms with Crippen LogP contribution in [-0.2, 0) is 21.1 Å². The molecule has 4 heterocycles. The Kier molecular flexibility index (Phi) is 3.52. The SMILES string of the molecule is Cc1nn(C)c2nccc(NC(c3nccn3C)c3nccn3C)c12. The zero-order valence-electron chi connectivity index (χ0n) is 14.7. The highest BCUT2D eigenvalue weighted by Gasteiger charge is 2.24. The standard InChI is InChI=1S/C17H20N8/c1-11-13-12(5-6-18-15(13)25(4)22-11)21-14(16-19-7-9-23(16)2)17-20-8-10-24(17)3/h5-10,14H,1-4H3,(H,18,21). The number of aryl methyl sites for hydroxylation is 4. The quantitative estimate of drug-likeness (QED) is 0.616. The summed E-state index contributed by atoms with van der Waals surface area (Å²) in [7, 11) is 5.87. The molecule has 0 unspecified atom stereocenters. The number of pyridine rings is 1. The second-order valence-electron chi connectivity index (χ2n) is 6.14. The lowest BCUT2D eigenvalue weighted by Gasteiger charge is -2.20. The number of nitrogens with one attached hydrogen (secondary N) is 1. The van der Waals surface area contributed by atoms with E-state index in [4.69, 9.17) is 0 Å². The van der Waals surface area contributed by atoms with E-state index in [0.29, 0.717) is 0 Å². The first kappa shape index (κ1) is 15.4. The van der Waals surface area contributed by atoms with Gasteiger partial charge in [-0.05, 0) is 13.0 Å². The molecule has 8 heteroatoms. The van der Waals surface area contributed by atoms with Crippen LogP contribution < -0.4 is 5.32 Å². The maximum atomic E-state index is 4.53. The van der Waals surface area contributed by atoms with E-state index < -0.39 is 0 Å². The number of imidazole rings is 2. The fourth-order valence-electron chi connectivity index (χ4n) is 3.21. The molecule has 8 nitrogen and oxygen atoms in total. The van der Waals surface area contributed by atoms with E-state index in [1.807, 2.05) is 55.7 Å². The van der Waals surface area contributed by atoms with E-state index in [-0.39, 0.29) is 6.04 Å². The topological polar surface area (TPSA) is 78.4 Å². The van der Waals surface area contributed by atoms with E-state index >= 15 is 0 Å². The van der Waals surface area contributed by atoms with Gasteiger partial charge in [-0.1, -0.05) is 0 Å². The Morgan fingerprint density at radius 1 is 0.920 bits per heavy atom. The summed E-state index contributed by atoms with van der Waals surface area (Å²) in [4.78, 5) is 13.5. The molecule has 0 atom stereocenters. The van der Waals surface area contributed by atoms with Gasteiger partial charge in [-0.25, -0.2) is 15.0 Å². The van der Waals surface area contributed by atoms with Gasteiger partial charge in [0.1, 0.15) is 17.7 Å². The van der Waals surface area contributed by atoms with Crippen LogP contribution in [0.3, 0.4) is 0 Å². The minimum absolute atomic E-state index is 0.190. The maximum Gasteiger partial charge on any atom is 0.159 e. The Bertz CT molecular complexity index is 998. The summed E-state index contributed by atoms with van der Waals surface area (Å²) < 4.78 is 5.80. The van der Waals surface area contributed by atoms with Crippen molar-refractivity contribution in [3.05, 3.63) is 54.4 Å². The van der Waals surface area contributed by atoms with Crippen LogP contribution in [0.1, 0.15) is 23.4 Å². The number of rotatable bonds is 4. The molecule has 0 saturated heterocycles. The van der Waals surface area contributed by atoms with Gasteiger partial charge in [0.05, 0.1) is 11.1 Å². The van der Waals surface area contributed by atoms with Crippen LogP contribution in [0.4, 0.5) is 5.69 Å². The van der Waals surface area contributed by atoms with Crippen LogP contribution in [0.2, 0.25) is 0 Å². The fourth-order valence-corrected chi connectivity index (χ4v) is 3.21. The fraction of sp³-hybridized carbons (Fsp3) is 0.294. The molecule has 0 fully saturated rings. The Labute approximate surface area is 145 Å². The van der Waals surface area contributed by atoms with Crippen molar-refractivity contribution in [1.82, 2.24) is 33.9 Å². The molecule has 4 aromatic rings. The Balaban J connectivity index is 1.86. The van der Waals surface area contributed by atoms with Gasteiger partial charge in [-0.2, -0.15) is 5.10 Å². The molecule has 0 bridgehead atoms. The second kappa shape index (κ2) is 5.73. The molecule has 1 N–H and O–H groups in total. The molecular weight excluding hydrogens is 316 g/mol. The summed E-state index contributed by atoms with van der Waals surface area (Å²) in [6, 6.07) is 1.78. The number of aromatic nitrogens is 7. The van der Waals surface area contributed by atoms with Crippen molar-refractivity contribution >= 4 is 16.7 Å². The largest absolute Gasteiger partial charge is 0.368 e. The van der Waals surface area contributed by atoms with Crippen molar-refractivity contribution in [2.24, 2.45) is 21.1 Å². The summed E-state index contributed by atoms with van der Waals surface area (Å²) >= 11 is 0. The third-order valence-corrected chi connectivity index (χ3v) is 4.43. The van der Waals surface area contributed by atoms with Crippen molar-refractivity contribution < 1.29 is 0 Å². The highest BCUT2D eigenvalue weighted by atomic mass is 15.3. The molecule has 0 radical (unpaired) electrons. The lowest BCUT2D eigenvalue weighted by molar-refractivity contribution is 0.678. The zero-order chi connectivity index (χ0) is 17.6. The zero-order valence-corrected chi connectivity index (χ0v) is 14.7. The highest BCUT2D eigenvalue weighted by Crippen LogP contribution is 2.30. The van der Waals surface area contributed by atoms with Crippen LogP contribution in [0.5, 0.6) is 0 Å². The van der Waals surface area contributed by atoms with Crippen LogP contribution in [0.25, 0.3) is 11.0 Å². The van der Waals surface area contributed by atoms with E-state index in [2.05, 4.69) is 25.4 Å². The van der Waals surface area contributed by atoms with Gasteiger partial charge < -0.3 is 14.5 Å². The average molecular weight is 336 g/mol. The van der Waals surface area contributed by atoms with Gasteiger partial charge in [0.25, 0.3) is 0 Å². The predicted molar refractivity (Wildman–Crippen MR) is 95.1 cm³/mol. The van der Waals surface area contributed by atoms with Gasteiger partial charge in [-0.3, -0.25) is 4.68 Å². The first-order valence-electron chi connectivity index (χ1n) is 8.05. The predicted octanol–water partition coefficient (Wildman–Crippen LogP) is 1.95. The van der Waals surface area contributed by atoms with Crippen molar-refractivity contribution in [2.45, 2.75) is 13.0 Å². The summed E-state index contributed by atoms with van der Waals surface area (Å²) in [5, 5.41) is 9.11. The highest BCUT2D eigenvalue weighted by molar-refractivity contribution is 5.91. The van der Waals surface area contributed by atoms with Crippen molar-refractivity contribution in [3.8, 4) is 0 Å². The molecule has 0 aromatic carbocycles. The number of nitrogens with zero attached hydrogens (tertiary/aromatic N) is 7. The molecule has 0 aliphatic heterocycles. The molecule has 0 aliphatic carbocycles. The maximum absolute atomic E-state index is 4.53. The molecule has 0 saturated carbocycles. The molecule has 0 aliphatic rings. The van der Waals surface area contributed by atoms with Gasteiger partial charge in [0.15, 0.2) is 5.65 Å². The molecule has 4 aromatic heterocycles. The summed E-state index contributed by atoms with van der Waals surface area (Å²) in [6.07, 6.45) is 9.25. The number of hydrogen-bond acceptors (Lipinski definition) is 5. The number of fused-ring (bicyclic) bond motifs is 1. The molecule has 0 amide bonds. The summed E-state index contributed by atoms with van der Waals surface area (Å²) in [5.74, 6) is 1.78. The first-order valence-corrected chi connectivity index (χ1v) is 8.05. The first-order chi connectivity index (χ1) is 12.1. The third kappa shape index (κ3) is 2.46. The minimum atomic E-state index is -0.190. The molecule has 4 rings (SSSR count).